The third-order valence-electron chi connectivity index (χ3n) is 2.82. The van der Waals surface area contributed by atoms with Crippen molar-refractivity contribution in [2.45, 2.75) is 17.5 Å². The van der Waals surface area contributed by atoms with E-state index in [2.05, 4.69) is 73.4 Å². The Morgan fingerprint density at radius 2 is 1.65 bits per heavy atom. The lowest BCUT2D eigenvalue weighted by Gasteiger charge is -2.19. The maximum Gasteiger partial charge on any atom is 0.0967 e. The lowest BCUT2D eigenvalue weighted by molar-refractivity contribution is 0.368. The molecular weight excluding hydrogens is 248 g/mol. The van der Waals surface area contributed by atoms with Crippen LogP contribution in [0, 0.1) is 0 Å². The summed E-state index contributed by atoms with van der Waals surface area (Å²) >= 11 is 8.55. The van der Waals surface area contributed by atoms with Gasteiger partial charge in [-0.3, -0.25) is 4.90 Å². The first-order valence-corrected chi connectivity index (χ1v) is 6.86. The largest absolute Gasteiger partial charge is 0.378 e. The third kappa shape index (κ3) is 5.23. The zero-order valence-corrected chi connectivity index (χ0v) is 12.6. The highest BCUT2D eigenvalue weighted by Crippen LogP contribution is 2.14. The molecule has 4 heteroatoms. The molecule has 17 heavy (non-hydrogen) atoms. The van der Waals surface area contributed by atoms with Gasteiger partial charge in [-0.05, 0) is 44.1 Å². The summed E-state index contributed by atoms with van der Waals surface area (Å²) in [6.45, 7) is 1.02. The fourth-order valence-electron chi connectivity index (χ4n) is 1.61. The number of rotatable bonds is 6. The SMILES string of the molecule is CN(C)c1ccc(CCCN(C)C(S)S)cc1. The van der Waals surface area contributed by atoms with Gasteiger partial charge in [-0.1, -0.05) is 12.1 Å². The van der Waals surface area contributed by atoms with Crippen LogP contribution in [0.4, 0.5) is 5.69 Å². The van der Waals surface area contributed by atoms with E-state index in [1.54, 1.807) is 0 Å². The van der Waals surface area contributed by atoms with Crippen LogP contribution in [0.5, 0.6) is 0 Å². The Morgan fingerprint density at radius 1 is 1.06 bits per heavy atom. The van der Waals surface area contributed by atoms with E-state index in [1.807, 2.05) is 7.05 Å². The first-order chi connectivity index (χ1) is 8.00. The molecule has 0 atom stereocenters. The van der Waals surface area contributed by atoms with Crippen molar-refractivity contribution in [2.75, 3.05) is 32.6 Å². The van der Waals surface area contributed by atoms with Gasteiger partial charge >= 0.3 is 0 Å². The molecular formula is C13H22N2S2. The number of thiol groups is 2. The average Bonchev–Trinajstić information content (AvgIpc) is 2.29. The zero-order valence-electron chi connectivity index (χ0n) is 10.8. The van der Waals surface area contributed by atoms with Gasteiger partial charge < -0.3 is 4.90 Å². The van der Waals surface area contributed by atoms with Crippen LogP contribution < -0.4 is 4.90 Å². The van der Waals surface area contributed by atoms with Crippen LogP contribution in [-0.2, 0) is 6.42 Å². The van der Waals surface area contributed by atoms with Gasteiger partial charge in [0.25, 0.3) is 0 Å². The summed E-state index contributed by atoms with van der Waals surface area (Å²) in [5, 5.41) is 0. The number of aryl methyl sites for hydroxylation is 1. The average molecular weight is 270 g/mol. The van der Waals surface area contributed by atoms with Crippen molar-refractivity contribution in [3.8, 4) is 0 Å². The third-order valence-corrected chi connectivity index (χ3v) is 3.61. The van der Waals surface area contributed by atoms with Crippen molar-refractivity contribution < 1.29 is 0 Å². The van der Waals surface area contributed by atoms with E-state index in [1.165, 1.54) is 11.3 Å². The fourth-order valence-corrected chi connectivity index (χ4v) is 1.84. The summed E-state index contributed by atoms with van der Waals surface area (Å²) in [5.41, 5.74) is 2.63. The van der Waals surface area contributed by atoms with Crippen LogP contribution in [-0.4, -0.2) is 37.3 Å². The minimum atomic E-state index is 0.0334. The molecule has 1 aromatic rings. The van der Waals surface area contributed by atoms with Crippen LogP contribution in [0.3, 0.4) is 0 Å². The van der Waals surface area contributed by atoms with Gasteiger partial charge in [0.1, 0.15) is 0 Å². The Hall–Kier alpha value is -0.320. The predicted octanol–water partition coefficient (Wildman–Crippen LogP) is 2.76. The van der Waals surface area contributed by atoms with Crippen molar-refractivity contribution in [1.29, 1.82) is 0 Å². The second kappa shape index (κ2) is 7.19. The van der Waals surface area contributed by atoms with Crippen molar-refractivity contribution in [2.24, 2.45) is 0 Å². The van der Waals surface area contributed by atoms with Crippen LogP contribution in [0.15, 0.2) is 24.3 Å². The van der Waals surface area contributed by atoms with Gasteiger partial charge in [0, 0.05) is 19.8 Å². The maximum absolute atomic E-state index is 4.27. The van der Waals surface area contributed by atoms with E-state index in [0.29, 0.717) is 0 Å². The van der Waals surface area contributed by atoms with E-state index in [9.17, 15) is 0 Å². The molecule has 0 heterocycles. The molecule has 0 saturated carbocycles. The molecule has 0 aliphatic carbocycles. The molecule has 1 rings (SSSR count). The van der Waals surface area contributed by atoms with Gasteiger partial charge in [0.05, 0.1) is 4.71 Å². The van der Waals surface area contributed by atoms with Gasteiger partial charge in [0.15, 0.2) is 0 Å². The maximum atomic E-state index is 4.27. The van der Waals surface area contributed by atoms with E-state index in [4.69, 9.17) is 0 Å². The molecule has 0 aromatic heterocycles. The van der Waals surface area contributed by atoms with Crippen LogP contribution in [0.2, 0.25) is 0 Å². The summed E-state index contributed by atoms with van der Waals surface area (Å²) in [6.07, 6.45) is 2.24. The number of anilines is 1. The van der Waals surface area contributed by atoms with Crippen LogP contribution in [0.1, 0.15) is 12.0 Å². The minimum Gasteiger partial charge on any atom is -0.378 e. The summed E-state index contributed by atoms with van der Waals surface area (Å²) in [7, 11) is 6.16. The predicted molar refractivity (Wildman–Crippen MR) is 83.5 cm³/mol. The topological polar surface area (TPSA) is 6.48 Å². The van der Waals surface area contributed by atoms with Crippen molar-refractivity contribution in [3.63, 3.8) is 0 Å². The lowest BCUT2D eigenvalue weighted by atomic mass is 10.1. The molecule has 0 fully saturated rings. The molecule has 0 saturated heterocycles. The molecule has 0 N–H and O–H groups in total. The van der Waals surface area contributed by atoms with E-state index >= 15 is 0 Å². The Balaban J connectivity index is 2.37. The molecule has 2 nitrogen and oxygen atoms in total. The number of hydrogen-bond donors (Lipinski definition) is 2. The monoisotopic (exact) mass is 270 g/mol. The Labute approximate surface area is 116 Å². The second-order valence-corrected chi connectivity index (χ2v) is 5.88. The molecule has 0 radical (unpaired) electrons. The second-order valence-electron chi connectivity index (χ2n) is 4.49. The Morgan fingerprint density at radius 3 is 2.12 bits per heavy atom. The molecule has 0 bridgehead atoms. The van der Waals surface area contributed by atoms with Gasteiger partial charge in [-0.15, -0.1) is 25.3 Å². The van der Waals surface area contributed by atoms with E-state index in [0.717, 1.165) is 19.4 Å². The van der Waals surface area contributed by atoms with Gasteiger partial charge in [-0.2, -0.15) is 0 Å². The lowest BCUT2D eigenvalue weighted by Crippen LogP contribution is -2.24. The first-order valence-electron chi connectivity index (χ1n) is 5.83. The van der Waals surface area contributed by atoms with Gasteiger partial charge in [-0.25, -0.2) is 0 Å². The standard InChI is InChI=1S/C13H22N2S2/c1-14(2)12-8-6-11(7-9-12)5-4-10-15(3)13(16)17/h6-9,13,16-17H,4-5,10H2,1-3H3. The normalized spacial score (nSPS) is 11.2. The molecule has 0 spiro atoms. The number of benzene rings is 1. The fraction of sp³-hybridized carbons (Fsp3) is 0.538. The number of hydrogen-bond acceptors (Lipinski definition) is 4. The van der Waals surface area contributed by atoms with E-state index < -0.39 is 0 Å². The summed E-state index contributed by atoms with van der Waals surface area (Å²) < 4.78 is 0.0334. The Bertz CT molecular complexity index is 323. The van der Waals surface area contributed by atoms with Crippen molar-refractivity contribution in [3.05, 3.63) is 29.8 Å². The Kier molecular flexibility index (Phi) is 6.23. The van der Waals surface area contributed by atoms with Gasteiger partial charge in [0.2, 0.25) is 0 Å². The summed E-state index contributed by atoms with van der Waals surface area (Å²) in [5.74, 6) is 0. The minimum absolute atomic E-state index is 0.0334. The molecule has 0 unspecified atom stereocenters. The quantitative estimate of drug-likeness (QED) is 0.606. The summed E-state index contributed by atoms with van der Waals surface area (Å²) in [6, 6.07) is 8.74. The molecule has 1 aromatic carbocycles. The highest BCUT2D eigenvalue weighted by atomic mass is 32.2. The first kappa shape index (κ1) is 14.7. The smallest absolute Gasteiger partial charge is 0.0967 e. The highest BCUT2D eigenvalue weighted by Gasteiger charge is 2.04. The summed E-state index contributed by atoms with van der Waals surface area (Å²) in [4.78, 5) is 4.24. The van der Waals surface area contributed by atoms with Crippen LogP contribution in [0.25, 0.3) is 0 Å². The zero-order chi connectivity index (χ0) is 12.8. The number of nitrogens with zero attached hydrogens (tertiary/aromatic N) is 2. The molecule has 0 aliphatic heterocycles. The molecule has 96 valence electrons. The van der Waals surface area contributed by atoms with Crippen molar-refractivity contribution in [1.82, 2.24) is 4.90 Å². The van der Waals surface area contributed by atoms with E-state index in [-0.39, 0.29) is 4.71 Å². The van der Waals surface area contributed by atoms with Crippen LogP contribution >= 0.6 is 25.3 Å². The van der Waals surface area contributed by atoms with Crippen molar-refractivity contribution >= 4 is 30.9 Å². The molecule has 0 aliphatic rings. The highest BCUT2D eigenvalue weighted by molar-refractivity contribution is 7.99. The molecule has 0 amide bonds.